The molecule has 1 atom stereocenters. The predicted octanol–water partition coefficient (Wildman–Crippen LogP) is 5.69. The molecule has 0 saturated carbocycles. The lowest BCUT2D eigenvalue weighted by atomic mass is 10.1. The summed E-state index contributed by atoms with van der Waals surface area (Å²) >= 11 is 1.65. The number of rotatable bonds is 4. The summed E-state index contributed by atoms with van der Waals surface area (Å²) in [6, 6.07) is 21.4. The number of thiophene rings is 1. The maximum Gasteiger partial charge on any atom is 0.323 e. The van der Waals surface area contributed by atoms with Crippen molar-refractivity contribution in [3.8, 4) is 17.2 Å². The lowest BCUT2D eigenvalue weighted by Crippen LogP contribution is -2.37. The molecule has 1 aliphatic heterocycles. The van der Waals surface area contributed by atoms with E-state index in [1.165, 1.54) is 0 Å². The third-order valence-corrected chi connectivity index (χ3v) is 6.61. The quantitative estimate of drug-likeness (QED) is 0.439. The van der Waals surface area contributed by atoms with Crippen LogP contribution in [0, 0.1) is 0 Å². The number of fused-ring (bicyclic) bond motifs is 3. The minimum Gasteiger partial charge on any atom is -0.497 e. The van der Waals surface area contributed by atoms with E-state index >= 15 is 0 Å². The Hall–Kier alpha value is -3.71. The SMILES string of the molecule is COc1ccc(NC(=O)N2Cc3ccccc3-n3cccc3[C@H]2c2cccs2)c(OC)c1. The van der Waals surface area contributed by atoms with Crippen molar-refractivity contribution >= 4 is 23.1 Å². The first-order valence-corrected chi connectivity index (χ1v) is 11.2. The molecule has 7 heteroatoms. The van der Waals surface area contributed by atoms with Gasteiger partial charge in [-0.05, 0) is 47.3 Å². The standard InChI is InChI=1S/C25H23N3O3S/c1-30-18-11-12-19(22(15-18)31-2)26-25(29)28-16-17-7-3-4-8-20(17)27-13-5-9-21(27)24(28)23-10-6-14-32-23/h3-15,24H,16H2,1-2H3,(H,26,29)/t24-/m0/s1. The Labute approximate surface area is 190 Å². The first-order chi connectivity index (χ1) is 15.7. The number of carbonyl (C=O) groups excluding carboxylic acids is 1. The molecule has 6 nitrogen and oxygen atoms in total. The molecule has 4 aromatic rings. The van der Waals surface area contributed by atoms with Crippen molar-refractivity contribution in [3.05, 3.63) is 94.4 Å². The fraction of sp³-hybridized carbons (Fsp3) is 0.160. The van der Waals surface area contributed by atoms with Crippen molar-refractivity contribution in [3.63, 3.8) is 0 Å². The molecule has 0 radical (unpaired) electrons. The molecule has 1 N–H and O–H groups in total. The van der Waals surface area contributed by atoms with Crippen molar-refractivity contribution < 1.29 is 14.3 Å². The van der Waals surface area contributed by atoms with Crippen LogP contribution in [-0.4, -0.2) is 29.7 Å². The van der Waals surface area contributed by atoms with Crippen molar-refractivity contribution in [1.29, 1.82) is 0 Å². The summed E-state index contributed by atoms with van der Waals surface area (Å²) in [5.41, 5.74) is 3.82. The van der Waals surface area contributed by atoms with Gasteiger partial charge in [0.05, 0.1) is 37.8 Å². The molecule has 2 aromatic heterocycles. The molecule has 3 heterocycles. The van der Waals surface area contributed by atoms with E-state index in [1.54, 1.807) is 43.8 Å². The van der Waals surface area contributed by atoms with E-state index in [4.69, 9.17) is 9.47 Å². The molecule has 0 aliphatic carbocycles. The molecular formula is C25H23N3O3S. The molecule has 2 aromatic carbocycles. The molecular weight excluding hydrogens is 422 g/mol. The van der Waals surface area contributed by atoms with Crippen LogP contribution in [0.5, 0.6) is 11.5 Å². The Morgan fingerprint density at radius 1 is 1.03 bits per heavy atom. The maximum absolute atomic E-state index is 13.7. The smallest absolute Gasteiger partial charge is 0.323 e. The van der Waals surface area contributed by atoms with Gasteiger partial charge in [-0.3, -0.25) is 0 Å². The zero-order chi connectivity index (χ0) is 22.1. The van der Waals surface area contributed by atoms with E-state index in [9.17, 15) is 4.79 Å². The van der Waals surface area contributed by atoms with Crippen LogP contribution in [-0.2, 0) is 6.54 Å². The number of urea groups is 1. The van der Waals surface area contributed by atoms with Gasteiger partial charge in [0.1, 0.15) is 17.5 Å². The number of anilines is 1. The van der Waals surface area contributed by atoms with Gasteiger partial charge in [0.25, 0.3) is 0 Å². The fourth-order valence-corrected chi connectivity index (χ4v) is 5.02. The number of nitrogens with one attached hydrogen (secondary N) is 1. The third-order valence-electron chi connectivity index (χ3n) is 5.69. The van der Waals surface area contributed by atoms with Crippen molar-refractivity contribution in [2.45, 2.75) is 12.6 Å². The number of ether oxygens (including phenoxy) is 2. The molecule has 0 unspecified atom stereocenters. The molecule has 5 rings (SSSR count). The number of amides is 2. The Morgan fingerprint density at radius 3 is 2.69 bits per heavy atom. The Morgan fingerprint density at radius 2 is 1.91 bits per heavy atom. The number of hydrogen-bond acceptors (Lipinski definition) is 4. The van der Waals surface area contributed by atoms with Gasteiger partial charge in [-0.25, -0.2) is 4.79 Å². The number of hydrogen-bond donors (Lipinski definition) is 1. The van der Waals surface area contributed by atoms with Gasteiger partial charge < -0.3 is 24.3 Å². The zero-order valence-electron chi connectivity index (χ0n) is 17.8. The van der Waals surface area contributed by atoms with E-state index in [0.717, 1.165) is 21.8 Å². The van der Waals surface area contributed by atoms with Crippen LogP contribution >= 0.6 is 11.3 Å². The largest absolute Gasteiger partial charge is 0.497 e. The van der Waals surface area contributed by atoms with Crippen LogP contribution in [0.15, 0.2) is 78.3 Å². The zero-order valence-corrected chi connectivity index (χ0v) is 18.6. The first kappa shape index (κ1) is 20.2. The number of aromatic nitrogens is 1. The molecule has 1 aliphatic rings. The summed E-state index contributed by atoms with van der Waals surface area (Å²) in [5, 5.41) is 5.10. The Kier molecular flexibility index (Phi) is 5.33. The second kappa shape index (κ2) is 8.43. The van der Waals surface area contributed by atoms with Gasteiger partial charge in [-0.15, -0.1) is 11.3 Å². The first-order valence-electron chi connectivity index (χ1n) is 10.3. The molecule has 32 heavy (non-hydrogen) atoms. The summed E-state index contributed by atoms with van der Waals surface area (Å²) in [4.78, 5) is 16.7. The van der Waals surface area contributed by atoms with Crippen LogP contribution in [0.1, 0.15) is 22.2 Å². The average Bonchev–Trinajstić information content (AvgIpc) is 3.50. The molecule has 0 fully saturated rings. The summed E-state index contributed by atoms with van der Waals surface area (Å²) in [5.74, 6) is 1.21. The van der Waals surface area contributed by atoms with Gasteiger partial charge in [0, 0.05) is 17.1 Å². The topological polar surface area (TPSA) is 55.7 Å². The van der Waals surface area contributed by atoms with E-state index in [0.29, 0.717) is 23.7 Å². The lowest BCUT2D eigenvalue weighted by Gasteiger charge is -2.30. The molecule has 162 valence electrons. The summed E-state index contributed by atoms with van der Waals surface area (Å²) in [6.45, 7) is 0.477. The minimum absolute atomic E-state index is 0.198. The van der Waals surface area contributed by atoms with E-state index in [1.807, 2.05) is 34.5 Å². The monoisotopic (exact) mass is 445 g/mol. The number of carbonyl (C=O) groups is 1. The van der Waals surface area contributed by atoms with E-state index in [2.05, 4.69) is 40.3 Å². The number of para-hydroxylation sites is 1. The van der Waals surface area contributed by atoms with Crippen LogP contribution < -0.4 is 14.8 Å². The molecule has 0 spiro atoms. The van der Waals surface area contributed by atoms with Gasteiger partial charge in [-0.2, -0.15) is 0 Å². The van der Waals surface area contributed by atoms with Crippen molar-refractivity contribution in [2.75, 3.05) is 19.5 Å². The van der Waals surface area contributed by atoms with E-state index in [-0.39, 0.29) is 12.1 Å². The maximum atomic E-state index is 13.7. The van der Waals surface area contributed by atoms with Gasteiger partial charge in [0.2, 0.25) is 0 Å². The second-order valence-corrected chi connectivity index (χ2v) is 8.45. The number of methoxy groups -OCH3 is 2. The van der Waals surface area contributed by atoms with Crippen LogP contribution in [0.4, 0.5) is 10.5 Å². The van der Waals surface area contributed by atoms with Gasteiger partial charge >= 0.3 is 6.03 Å². The molecule has 0 saturated heterocycles. The van der Waals surface area contributed by atoms with Crippen molar-refractivity contribution in [1.82, 2.24) is 9.47 Å². The summed E-state index contributed by atoms with van der Waals surface area (Å²) < 4.78 is 12.9. The van der Waals surface area contributed by atoms with Crippen molar-refractivity contribution in [2.24, 2.45) is 0 Å². The Bertz CT molecular complexity index is 1250. The van der Waals surface area contributed by atoms with Gasteiger partial charge in [-0.1, -0.05) is 24.3 Å². The average molecular weight is 446 g/mol. The van der Waals surface area contributed by atoms with Crippen LogP contribution in [0.25, 0.3) is 5.69 Å². The highest BCUT2D eigenvalue weighted by atomic mass is 32.1. The lowest BCUT2D eigenvalue weighted by molar-refractivity contribution is 0.195. The predicted molar refractivity (Wildman–Crippen MR) is 126 cm³/mol. The van der Waals surface area contributed by atoms with Gasteiger partial charge in [0.15, 0.2) is 0 Å². The molecule has 2 amide bonds. The highest BCUT2D eigenvalue weighted by Gasteiger charge is 2.33. The van der Waals surface area contributed by atoms with Crippen LogP contribution in [0.2, 0.25) is 0 Å². The van der Waals surface area contributed by atoms with Crippen LogP contribution in [0.3, 0.4) is 0 Å². The summed E-state index contributed by atoms with van der Waals surface area (Å²) in [6.07, 6.45) is 2.06. The normalized spacial score (nSPS) is 14.8. The van der Waals surface area contributed by atoms with E-state index < -0.39 is 0 Å². The fourth-order valence-electron chi connectivity index (χ4n) is 4.17. The highest BCUT2D eigenvalue weighted by Crippen LogP contribution is 2.39. The number of benzene rings is 2. The Balaban J connectivity index is 1.58. The summed E-state index contributed by atoms with van der Waals surface area (Å²) in [7, 11) is 3.18. The minimum atomic E-state index is -0.221. The highest BCUT2D eigenvalue weighted by molar-refractivity contribution is 7.10. The number of nitrogens with zero attached hydrogens (tertiary/aromatic N) is 2. The molecule has 0 bridgehead atoms. The third kappa shape index (κ3) is 3.50. The second-order valence-electron chi connectivity index (χ2n) is 7.47.